The van der Waals surface area contributed by atoms with Gasteiger partial charge in [0.25, 0.3) is 0 Å². The highest BCUT2D eigenvalue weighted by atomic mass is 35.5. The maximum Gasteiger partial charge on any atom is 0.131 e. The van der Waals surface area contributed by atoms with Gasteiger partial charge in [0.05, 0.1) is 5.02 Å². The average Bonchev–Trinajstić information content (AvgIpc) is 2.90. The van der Waals surface area contributed by atoms with Crippen molar-refractivity contribution in [3.05, 3.63) is 112 Å². The minimum absolute atomic E-state index is 0.558. The number of rotatable bonds is 8. The summed E-state index contributed by atoms with van der Waals surface area (Å²) < 4.78 is 0. The van der Waals surface area contributed by atoms with Crippen LogP contribution in [0.15, 0.2) is 73.3 Å². The van der Waals surface area contributed by atoms with Crippen molar-refractivity contribution in [1.29, 1.82) is 0 Å². The summed E-state index contributed by atoms with van der Waals surface area (Å²) in [4.78, 5) is 17.4. The molecule has 0 bridgehead atoms. The summed E-state index contributed by atoms with van der Waals surface area (Å²) in [6, 6.07) is 18.3. The number of nitrogen functional groups attached to an aromatic ring is 1. The van der Waals surface area contributed by atoms with Crippen molar-refractivity contribution in [2.75, 3.05) is 16.4 Å². The van der Waals surface area contributed by atoms with E-state index >= 15 is 0 Å². The minimum atomic E-state index is 0.558. The van der Waals surface area contributed by atoms with Gasteiger partial charge >= 0.3 is 0 Å². The fraction of sp³-hybridized carbons (Fsp3) is 0.172. The third kappa shape index (κ3) is 5.78. The van der Waals surface area contributed by atoms with E-state index in [1.807, 2.05) is 24.3 Å². The number of aromatic nitrogens is 4. The Kier molecular flexibility index (Phi) is 7.14. The van der Waals surface area contributed by atoms with Gasteiger partial charge in [-0.1, -0.05) is 35.9 Å². The van der Waals surface area contributed by atoms with Crippen LogP contribution in [0.4, 0.5) is 17.5 Å². The summed E-state index contributed by atoms with van der Waals surface area (Å²) in [6.45, 7) is 5.53. The highest BCUT2D eigenvalue weighted by molar-refractivity contribution is 6.30. The van der Waals surface area contributed by atoms with E-state index in [1.165, 1.54) is 22.3 Å². The first kappa shape index (κ1) is 24.5. The van der Waals surface area contributed by atoms with Gasteiger partial charge < -0.3 is 16.4 Å². The highest BCUT2D eigenvalue weighted by Crippen LogP contribution is 2.28. The largest absolute Gasteiger partial charge is 0.383 e. The number of fused-ring (bicyclic) bond motifs is 1. The second-order valence-corrected chi connectivity index (χ2v) is 9.48. The fourth-order valence-electron chi connectivity index (χ4n) is 4.42. The van der Waals surface area contributed by atoms with Gasteiger partial charge in [-0.2, -0.15) is 0 Å². The molecule has 7 nitrogen and oxygen atoms in total. The number of aryl methyl sites for hydroxylation is 2. The molecule has 4 N–H and O–H groups in total. The van der Waals surface area contributed by atoms with E-state index in [0.29, 0.717) is 23.9 Å². The Bertz CT molecular complexity index is 1530. The molecular weight excluding hydrogens is 482 g/mol. The molecule has 3 heterocycles. The van der Waals surface area contributed by atoms with E-state index in [4.69, 9.17) is 17.3 Å². The van der Waals surface area contributed by atoms with Gasteiger partial charge in [0.2, 0.25) is 0 Å². The van der Waals surface area contributed by atoms with Crippen molar-refractivity contribution in [3.63, 3.8) is 0 Å². The van der Waals surface area contributed by atoms with Crippen molar-refractivity contribution < 1.29 is 0 Å². The third-order valence-corrected chi connectivity index (χ3v) is 6.72. The number of hydrogen-bond donors (Lipinski definition) is 3. The molecule has 37 heavy (non-hydrogen) atoms. The predicted molar refractivity (Wildman–Crippen MR) is 151 cm³/mol. The number of nitrogens with two attached hydrogens (primary N) is 1. The molecule has 5 aromatic rings. The molecule has 5 rings (SSSR count). The van der Waals surface area contributed by atoms with Crippen molar-refractivity contribution >= 4 is 39.8 Å². The molecular formula is C29H28ClN7. The number of halogens is 1. The Balaban J connectivity index is 1.20. The summed E-state index contributed by atoms with van der Waals surface area (Å²) in [5.74, 6) is 2.08. The van der Waals surface area contributed by atoms with Crippen LogP contribution < -0.4 is 16.4 Å². The molecule has 0 aliphatic rings. The molecule has 0 unspecified atom stereocenters. The summed E-state index contributed by atoms with van der Waals surface area (Å²) in [5.41, 5.74) is 13.0. The Morgan fingerprint density at radius 2 is 1.51 bits per heavy atom. The number of hydrogen-bond acceptors (Lipinski definition) is 7. The molecule has 8 heteroatoms. The molecule has 0 saturated carbocycles. The number of pyridine rings is 2. The van der Waals surface area contributed by atoms with Crippen LogP contribution in [0.25, 0.3) is 10.8 Å². The molecule has 0 atom stereocenters. The van der Waals surface area contributed by atoms with Crippen LogP contribution in [0.3, 0.4) is 0 Å². The van der Waals surface area contributed by atoms with E-state index in [9.17, 15) is 0 Å². The summed E-state index contributed by atoms with van der Waals surface area (Å²) in [6.07, 6.45) is 5.77. The molecule has 0 fully saturated rings. The lowest BCUT2D eigenvalue weighted by Gasteiger charge is -2.15. The molecule has 0 aliphatic carbocycles. The number of nitrogens with one attached hydrogen (secondary N) is 2. The van der Waals surface area contributed by atoms with Crippen LogP contribution in [0.1, 0.15) is 33.5 Å². The van der Waals surface area contributed by atoms with E-state index in [1.54, 1.807) is 18.7 Å². The van der Waals surface area contributed by atoms with Crippen LogP contribution in [-0.4, -0.2) is 19.9 Å². The van der Waals surface area contributed by atoms with Gasteiger partial charge in [0.1, 0.15) is 23.8 Å². The van der Waals surface area contributed by atoms with Crippen LogP contribution >= 0.6 is 11.6 Å². The number of nitrogens with zero attached hydrogens (tertiary/aromatic N) is 4. The van der Waals surface area contributed by atoms with E-state index in [0.717, 1.165) is 40.1 Å². The topological polar surface area (TPSA) is 102 Å². The van der Waals surface area contributed by atoms with Gasteiger partial charge in [-0.15, -0.1) is 0 Å². The van der Waals surface area contributed by atoms with Gasteiger partial charge in [-0.05, 0) is 71.3 Å². The van der Waals surface area contributed by atoms with Gasteiger partial charge in [0.15, 0.2) is 0 Å². The summed E-state index contributed by atoms with van der Waals surface area (Å²) >= 11 is 5.92. The smallest absolute Gasteiger partial charge is 0.131 e. The van der Waals surface area contributed by atoms with Gasteiger partial charge in [-0.3, -0.25) is 4.98 Å². The molecule has 0 radical (unpaired) electrons. The Labute approximate surface area is 221 Å². The minimum Gasteiger partial charge on any atom is -0.383 e. The lowest BCUT2D eigenvalue weighted by Crippen LogP contribution is -2.08. The first-order valence-corrected chi connectivity index (χ1v) is 12.5. The molecule has 186 valence electrons. The zero-order valence-electron chi connectivity index (χ0n) is 20.8. The van der Waals surface area contributed by atoms with Crippen molar-refractivity contribution in [1.82, 2.24) is 19.9 Å². The fourth-order valence-corrected chi connectivity index (χ4v) is 4.53. The first-order chi connectivity index (χ1) is 18.0. The SMILES string of the molecule is Cc1cc2c(N)nccc2c(C)c1CNc1cc(NCc2ccc(Cc3ccc(Cl)cn3)cc2)ncn1. The van der Waals surface area contributed by atoms with Crippen molar-refractivity contribution in [2.45, 2.75) is 33.4 Å². The van der Waals surface area contributed by atoms with Crippen LogP contribution in [0.2, 0.25) is 5.02 Å². The van der Waals surface area contributed by atoms with E-state index < -0.39 is 0 Å². The Morgan fingerprint density at radius 1 is 0.784 bits per heavy atom. The normalized spacial score (nSPS) is 11.0. The predicted octanol–water partition coefficient (Wildman–Crippen LogP) is 6.09. The average molecular weight is 510 g/mol. The molecule has 2 aromatic carbocycles. The van der Waals surface area contributed by atoms with Crippen molar-refractivity contribution in [2.24, 2.45) is 0 Å². The molecule has 0 aliphatic heterocycles. The lowest BCUT2D eigenvalue weighted by atomic mass is 9.96. The third-order valence-electron chi connectivity index (χ3n) is 6.50. The van der Waals surface area contributed by atoms with Gasteiger partial charge in [0, 0.05) is 49.1 Å². The lowest BCUT2D eigenvalue weighted by molar-refractivity contribution is 1.04. The van der Waals surface area contributed by atoms with E-state index in [2.05, 4.69) is 74.7 Å². The second-order valence-electron chi connectivity index (χ2n) is 9.04. The quantitative estimate of drug-likeness (QED) is 0.233. The number of benzene rings is 2. The molecule has 0 spiro atoms. The number of anilines is 3. The first-order valence-electron chi connectivity index (χ1n) is 12.1. The van der Waals surface area contributed by atoms with Crippen LogP contribution in [0, 0.1) is 13.8 Å². The van der Waals surface area contributed by atoms with E-state index in [-0.39, 0.29) is 0 Å². The summed E-state index contributed by atoms with van der Waals surface area (Å²) in [5, 5.41) is 9.59. The zero-order valence-corrected chi connectivity index (χ0v) is 21.5. The second kappa shape index (κ2) is 10.8. The molecule has 0 amide bonds. The maximum atomic E-state index is 6.08. The Morgan fingerprint density at radius 3 is 2.24 bits per heavy atom. The molecule has 0 saturated heterocycles. The van der Waals surface area contributed by atoms with Gasteiger partial charge in [-0.25, -0.2) is 15.0 Å². The summed E-state index contributed by atoms with van der Waals surface area (Å²) in [7, 11) is 0. The van der Waals surface area contributed by atoms with Crippen LogP contribution in [0.5, 0.6) is 0 Å². The molecule has 3 aromatic heterocycles. The standard InChI is InChI=1S/C29H28ClN7/c1-18-11-25-24(9-10-32-29(25)31)19(2)26(18)16-35-28-13-27(36-17-37-28)34-14-21-5-3-20(4-6-21)12-23-8-7-22(30)15-33-23/h3-11,13,15,17H,12,14,16H2,1-2H3,(H2,31,32)(H2,34,35,36,37). The highest BCUT2D eigenvalue weighted by Gasteiger charge is 2.10. The van der Waals surface area contributed by atoms with Crippen molar-refractivity contribution in [3.8, 4) is 0 Å². The van der Waals surface area contributed by atoms with Crippen LogP contribution in [-0.2, 0) is 19.5 Å². The zero-order chi connectivity index (χ0) is 25.8. The monoisotopic (exact) mass is 509 g/mol. The maximum absolute atomic E-state index is 6.08. The Hall–Kier alpha value is -4.23.